The predicted octanol–water partition coefficient (Wildman–Crippen LogP) is 4.16. The van der Waals surface area contributed by atoms with Crippen LogP contribution in [-0.4, -0.2) is 62.2 Å². The van der Waals surface area contributed by atoms with E-state index in [2.05, 4.69) is 0 Å². The summed E-state index contributed by atoms with van der Waals surface area (Å²) in [6, 6.07) is 11.8. The summed E-state index contributed by atoms with van der Waals surface area (Å²) in [6.45, 7) is 7.36. The van der Waals surface area contributed by atoms with Crippen molar-refractivity contribution >= 4 is 40.1 Å². The number of esters is 1. The van der Waals surface area contributed by atoms with E-state index in [-0.39, 0.29) is 17.6 Å². The highest BCUT2D eigenvalue weighted by Crippen LogP contribution is 2.30. The molecule has 9 heteroatoms. The van der Waals surface area contributed by atoms with E-state index in [0.29, 0.717) is 35.2 Å². The van der Waals surface area contributed by atoms with Crippen LogP contribution in [-0.2, 0) is 19.1 Å². The van der Waals surface area contributed by atoms with Gasteiger partial charge in [0.15, 0.2) is 6.04 Å². The average Bonchev–Trinajstić information content (AvgIpc) is 2.86. The monoisotopic (exact) mass is 502 g/mol. The molecule has 0 spiro atoms. The smallest absolute Gasteiger partial charge is 0.331 e. The minimum atomic E-state index is -1.13. The fourth-order valence-electron chi connectivity index (χ4n) is 3.85. The van der Waals surface area contributed by atoms with Gasteiger partial charge in [-0.25, -0.2) is 4.79 Å². The molecule has 0 aliphatic rings. The van der Waals surface area contributed by atoms with Crippen molar-refractivity contribution in [3.63, 3.8) is 0 Å². The van der Waals surface area contributed by atoms with Crippen molar-refractivity contribution in [3.8, 4) is 11.5 Å². The second-order valence-corrected chi connectivity index (χ2v) is 8.73. The summed E-state index contributed by atoms with van der Waals surface area (Å²) in [6.07, 6.45) is 0. The maximum absolute atomic E-state index is 13.6. The summed E-state index contributed by atoms with van der Waals surface area (Å²) in [4.78, 5) is 43.2. The van der Waals surface area contributed by atoms with Crippen molar-refractivity contribution in [3.05, 3.63) is 48.5 Å². The number of carbonyl (C=O) groups is 3. The van der Waals surface area contributed by atoms with Gasteiger partial charge < -0.3 is 19.1 Å². The maximum Gasteiger partial charge on any atom is 0.331 e. The number of amides is 1. The van der Waals surface area contributed by atoms with E-state index in [0.717, 1.165) is 11.8 Å². The summed E-state index contributed by atoms with van der Waals surface area (Å²) in [7, 11) is 3.12. The van der Waals surface area contributed by atoms with Gasteiger partial charge in [0.1, 0.15) is 17.5 Å². The highest BCUT2D eigenvalue weighted by molar-refractivity contribution is 8.13. The van der Waals surface area contributed by atoms with Crippen LogP contribution < -0.4 is 19.3 Å². The van der Waals surface area contributed by atoms with E-state index in [9.17, 15) is 14.4 Å². The molecule has 0 saturated carbocycles. The van der Waals surface area contributed by atoms with Crippen LogP contribution in [0.25, 0.3) is 0 Å². The van der Waals surface area contributed by atoms with Gasteiger partial charge in [0.2, 0.25) is 11.0 Å². The zero-order valence-corrected chi connectivity index (χ0v) is 22.0. The third kappa shape index (κ3) is 6.91. The van der Waals surface area contributed by atoms with Crippen molar-refractivity contribution in [1.82, 2.24) is 0 Å². The van der Waals surface area contributed by atoms with Gasteiger partial charge in [-0.2, -0.15) is 0 Å². The molecule has 0 unspecified atom stereocenters. The maximum atomic E-state index is 13.6. The van der Waals surface area contributed by atoms with Gasteiger partial charge in [0.05, 0.1) is 20.8 Å². The van der Waals surface area contributed by atoms with Crippen molar-refractivity contribution in [2.45, 2.75) is 39.8 Å². The van der Waals surface area contributed by atoms with Crippen LogP contribution in [0.15, 0.2) is 48.5 Å². The number of benzene rings is 2. The molecule has 0 radical (unpaired) electrons. The Morgan fingerprint density at radius 1 is 0.829 bits per heavy atom. The van der Waals surface area contributed by atoms with Crippen LogP contribution >= 0.6 is 11.8 Å². The van der Waals surface area contributed by atoms with Gasteiger partial charge in [-0.05, 0) is 68.1 Å². The Balaban J connectivity index is 2.71. The highest BCUT2D eigenvalue weighted by Gasteiger charge is 2.44. The number of carbonyl (C=O) groups excluding carboxylic acids is 3. The van der Waals surface area contributed by atoms with Crippen molar-refractivity contribution < 1.29 is 28.6 Å². The molecule has 2 aromatic carbocycles. The first-order valence-electron chi connectivity index (χ1n) is 11.5. The number of anilines is 2. The Morgan fingerprint density at radius 3 is 1.74 bits per heavy atom. The summed E-state index contributed by atoms with van der Waals surface area (Å²) in [5.41, 5.74) is 1.18. The number of rotatable bonds is 12. The molecule has 2 rings (SSSR count). The molecule has 0 aromatic heterocycles. The quantitative estimate of drug-likeness (QED) is 0.400. The van der Waals surface area contributed by atoms with Crippen LogP contribution in [0, 0.1) is 0 Å². The lowest BCUT2D eigenvalue weighted by molar-refractivity contribution is -0.146. The molecule has 0 N–H and O–H groups in total. The van der Waals surface area contributed by atoms with E-state index >= 15 is 0 Å². The number of nitrogens with zero attached hydrogens (tertiary/aromatic N) is 2. The normalized spacial score (nSPS) is 12.3. The third-order valence-corrected chi connectivity index (χ3v) is 6.22. The number of ether oxygens (including phenoxy) is 3. The third-order valence-electron chi connectivity index (χ3n) is 5.40. The molecular formula is C26H34N2O6S. The van der Waals surface area contributed by atoms with Gasteiger partial charge in [-0.3, -0.25) is 14.5 Å². The Kier molecular flexibility index (Phi) is 10.9. The van der Waals surface area contributed by atoms with Gasteiger partial charge in [0.25, 0.3) is 0 Å². The van der Waals surface area contributed by atoms with E-state index in [4.69, 9.17) is 14.2 Å². The molecule has 190 valence electrons. The molecule has 0 saturated heterocycles. The second-order valence-electron chi connectivity index (χ2n) is 7.46. The topological polar surface area (TPSA) is 85.4 Å². The van der Waals surface area contributed by atoms with Crippen LogP contribution in [0.2, 0.25) is 0 Å². The largest absolute Gasteiger partial charge is 0.497 e. The standard InChI is InChI=1S/C26H34N2O6S/c1-7-27(19-10-14-21(32-5)15-11-19)23(25(30)34-8-2)24(26(31)35-9-3)28(18(4)29)20-12-16-22(33-6)17-13-20/h10-17,23-24H,7-9H2,1-6H3/t23-,24+/m0/s1. The lowest BCUT2D eigenvalue weighted by Gasteiger charge is -2.40. The molecule has 0 aliphatic heterocycles. The molecule has 2 atom stereocenters. The first-order chi connectivity index (χ1) is 16.8. The van der Waals surface area contributed by atoms with Crippen LogP contribution in [0.1, 0.15) is 27.7 Å². The van der Waals surface area contributed by atoms with E-state index in [1.54, 1.807) is 62.4 Å². The zero-order valence-electron chi connectivity index (χ0n) is 21.1. The molecule has 0 bridgehead atoms. The first kappa shape index (κ1) is 28.0. The van der Waals surface area contributed by atoms with Gasteiger partial charge >= 0.3 is 5.97 Å². The Bertz CT molecular complexity index is 980. The van der Waals surface area contributed by atoms with E-state index in [1.165, 1.54) is 11.8 Å². The van der Waals surface area contributed by atoms with E-state index < -0.39 is 18.1 Å². The Morgan fingerprint density at radius 2 is 1.34 bits per heavy atom. The Hall–Kier alpha value is -3.20. The molecule has 1 amide bonds. The van der Waals surface area contributed by atoms with E-state index in [1.807, 2.05) is 26.0 Å². The summed E-state index contributed by atoms with van der Waals surface area (Å²) in [5.74, 6) is 0.812. The lowest BCUT2D eigenvalue weighted by Crippen LogP contribution is -2.60. The number of methoxy groups -OCH3 is 2. The number of hydrogen-bond donors (Lipinski definition) is 0. The molecular weight excluding hydrogens is 468 g/mol. The Labute approximate surface area is 211 Å². The van der Waals surface area contributed by atoms with Crippen LogP contribution in [0.4, 0.5) is 11.4 Å². The minimum absolute atomic E-state index is 0.139. The van der Waals surface area contributed by atoms with Gasteiger partial charge in [-0.15, -0.1) is 0 Å². The SMILES string of the molecule is CCOC(=O)[C@H]([C@H](C(=O)SCC)N(C(C)=O)c1ccc(OC)cc1)N(CC)c1ccc(OC)cc1. The zero-order chi connectivity index (χ0) is 26.0. The van der Waals surface area contributed by atoms with Crippen LogP contribution in [0.5, 0.6) is 11.5 Å². The fourth-order valence-corrected chi connectivity index (χ4v) is 4.54. The molecule has 0 fully saturated rings. The number of hydrogen-bond acceptors (Lipinski definition) is 8. The van der Waals surface area contributed by atoms with Gasteiger partial charge in [-0.1, -0.05) is 18.7 Å². The first-order valence-corrected chi connectivity index (χ1v) is 12.5. The molecule has 35 heavy (non-hydrogen) atoms. The molecule has 8 nitrogen and oxygen atoms in total. The van der Waals surface area contributed by atoms with Crippen LogP contribution in [0.3, 0.4) is 0 Å². The average molecular weight is 503 g/mol. The molecule has 0 heterocycles. The van der Waals surface area contributed by atoms with Gasteiger partial charge in [0, 0.05) is 24.8 Å². The lowest BCUT2D eigenvalue weighted by atomic mass is 10.0. The number of thioether (sulfide) groups is 1. The second kappa shape index (κ2) is 13.6. The number of likely N-dealkylation sites (N-methyl/N-ethyl adjacent to an activating group) is 1. The minimum Gasteiger partial charge on any atom is -0.497 e. The summed E-state index contributed by atoms with van der Waals surface area (Å²) < 4.78 is 15.9. The fraction of sp³-hybridized carbons (Fsp3) is 0.423. The molecule has 0 aliphatic carbocycles. The predicted molar refractivity (Wildman–Crippen MR) is 140 cm³/mol. The van der Waals surface area contributed by atoms with Crippen molar-refractivity contribution in [2.75, 3.05) is 42.9 Å². The summed E-state index contributed by atoms with van der Waals surface area (Å²) in [5, 5.41) is -0.302. The summed E-state index contributed by atoms with van der Waals surface area (Å²) >= 11 is 1.07. The highest BCUT2D eigenvalue weighted by atomic mass is 32.2. The van der Waals surface area contributed by atoms with Crippen molar-refractivity contribution in [2.24, 2.45) is 0 Å². The van der Waals surface area contributed by atoms with Crippen molar-refractivity contribution in [1.29, 1.82) is 0 Å². The molecule has 2 aromatic rings.